The summed E-state index contributed by atoms with van der Waals surface area (Å²) in [5.41, 5.74) is 5.11. The topological polar surface area (TPSA) is 108 Å². The van der Waals surface area contributed by atoms with Crippen LogP contribution in [0.1, 0.15) is 0 Å². The Balaban J connectivity index is 1.94. The average molecular weight is 353 g/mol. The number of aromatic amines is 1. The van der Waals surface area contributed by atoms with Gasteiger partial charge < -0.3 is 20.5 Å². The van der Waals surface area contributed by atoms with Gasteiger partial charge in [-0.05, 0) is 6.07 Å². The number of H-pyrrole nitrogens is 1. The zero-order chi connectivity index (χ0) is 17.3. The van der Waals surface area contributed by atoms with Gasteiger partial charge in [-0.2, -0.15) is 4.39 Å². The van der Waals surface area contributed by atoms with Crippen LogP contribution in [0.5, 0.6) is 0 Å². The average Bonchev–Trinajstić information content (AvgIpc) is 2.57. The van der Waals surface area contributed by atoms with E-state index in [-0.39, 0.29) is 16.7 Å². The van der Waals surface area contributed by atoms with E-state index >= 15 is 0 Å². The van der Waals surface area contributed by atoms with Crippen LogP contribution < -0.4 is 16.2 Å². The van der Waals surface area contributed by atoms with Crippen molar-refractivity contribution in [3.63, 3.8) is 0 Å². The molecule has 1 saturated heterocycles. The number of primary amides is 1. The molecular weight excluding hydrogens is 339 g/mol. The van der Waals surface area contributed by atoms with Crippen LogP contribution in [0.2, 0.25) is 5.02 Å². The third-order valence-electron chi connectivity index (χ3n) is 3.74. The fourth-order valence-corrected chi connectivity index (χ4v) is 2.69. The minimum absolute atomic E-state index is 0.0548. The van der Waals surface area contributed by atoms with Gasteiger partial charge in [-0.15, -0.1) is 0 Å². The molecule has 8 nitrogen and oxygen atoms in total. The second-order valence-electron chi connectivity index (χ2n) is 5.23. The number of amides is 2. The van der Waals surface area contributed by atoms with E-state index in [1.807, 2.05) is 0 Å². The van der Waals surface area contributed by atoms with E-state index < -0.39 is 17.5 Å². The maximum absolute atomic E-state index is 13.3. The van der Waals surface area contributed by atoms with E-state index in [4.69, 9.17) is 17.3 Å². The molecule has 10 heteroatoms. The zero-order valence-corrected chi connectivity index (χ0v) is 13.3. The molecule has 0 spiro atoms. The first-order valence-corrected chi connectivity index (χ1v) is 7.54. The lowest BCUT2D eigenvalue weighted by Gasteiger charge is -2.34. The number of urea groups is 1. The van der Waals surface area contributed by atoms with Crippen LogP contribution >= 0.6 is 11.6 Å². The summed E-state index contributed by atoms with van der Waals surface area (Å²) in [5, 5.41) is -0.0548. The number of aromatic nitrogens is 3. The Labute approximate surface area is 141 Å². The van der Waals surface area contributed by atoms with Crippen molar-refractivity contribution in [3.8, 4) is 11.4 Å². The van der Waals surface area contributed by atoms with E-state index in [0.717, 1.165) is 0 Å². The molecule has 24 heavy (non-hydrogen) atoms. The predicted octanol–water partition coefficient (Wildman–Crippen LogP) is 0.825. The summed E-state index contributed by atoms with van der Waals surface area (Å²) in [4.78, 5) is 36.9. The maximum atomic E-state index is 13.3. The van der Waals surface area contributed by atoms with Crippen LogP contribution in [0.25, 0.3) is 11.4 Å². The molecule has 1 fully saturated rings. The second-order valence-corrected chi connectivity index (χ2v) is 5.61. The quantitative estimate of drug-likeness (QED) is 0.778. The summed E-state index contributed by atoms with van der Waals surface area (Å²) < 4.78 is 13.3. The summed E-state index contributed by atoms with van der Waals surface area (Å²) in [7, 11) is 0. The van der Waals surface area contributed by atoms with Crippen LogP contribution in [0, 0.1) is 5.95 Å². The number of nitrogens with one attached hydrogen (secondary N) is 1. The van der Waals surface area contributed by atoms with E-state index in [2.05, 4.69) is 15.0 Å². The van der Waals surface area contributed by atoms with Crippen molar-refractivity contribution in [1.82, 2.24) is 19.9 Å². The van der Waals surface area contributed by atoms with E-state index in [1.165, 1.54) is 23.2 Å². The highest BCUT2D eigenvalue weighted by molar-refractivity contribution is 6.32. The number of hydrogen-bond acceptors (Lipinski definition) is 5. The lowest BCUT2D eigenvalue weighted by Crippen LogP contribution is -2.51. The third kappa shape index (κ3) is 3.16. The molecule has 0 radical (unpaired) electrons. The molecule has 0 bridgehead atoms. The molecule has 0 saturated carbocycles. The first-order chi connectivity index (χ1) is 11.5. The Bertz CT molecular complexity index is 834. The lowest BCUT2D eigenvalue weighted by molar-refractivity contribution is 0.204. The Kier molecular flexibility index (Phi) is 4.34. The van der Waals surface area contributed by atoms with Crippen molar-refractivity contribution >= 4 is 23.4 Å². The predicted molar refractivity (Wildman–Crippen MR) is 86.4 cm³/mol. The maximum Gasteiger partial charge on any atom is 0.314 e. The molecule has 2 aromatic heterocycles. The SMILES string of the molecule is NC(=O)N1CCN(c2nc(-c3ccnc(F)c3)[nH]c(=O)c2Cl)CC1. The number of hydrogen-bond donors (Lipinski definition) is 2. The van der Waals surface area contributed by atoms with Crippen molar-refractivity contribution in [2.45, 2.75) is 0 Å². The Morgan fingerprint density at radius 1 is 1.33 bits per heavy atom. The minimum Gasteiger partial charge on any atom is -0.352 e. The van der Waals surface area contributed by atoms with Gasteiger partial charge in [-0.3, -0.25) is 4.79 Å². The van der Waals surface area contributed by atoms with Crippen molar-refractivity contribution in [3.05, 3.63) is 39.7 Å². The fraction of sp³-hybridized carbons (Fsp3) is 0.286. The van der Waals surface area contributed by atoms with Crippen LogP contribution in [-0.4, -0.2) is 52.1 Å². The molecule has 1 aliphatic rings. The van der Waals surface area contributed by atoms with Crippen LogP contribution in [-0.2, 0) is 0 Å². The Morgan fingerprint density at radius 3 is 2.67 bits per heavy atom. The van der Waals surface area contributed by atoms with Crippen molar-refractivity contribution in [2.24, 2.45) is 5.73 Å². The standard InChI is InChI=1S/C14H14ClFN6O2/c15-10-12(21-3-5-22(6-4-21)14(17)24)19-11(20-13(10)23)8-1-2-18-9(16)7-8/h1-2,7H,3-6H2,(H2,17,24)(H,19,20,23). The minimum atomic E-state index is -0.679. The molecule has 2 aromatic rings. The molecule has 0 aliphatic carbocycles. The number of rotatable bonds is 2. The van der Waals surface area contributed by atoms with Gasteiger partial charge >= 0.3 is 6.03 Å². The summed E-state index contributed by atoms with van der Waals surface area (Å²) in [6.07, 6.45) is 1.28. The van der Waals surface area contributed by atoms with Gasteiger partial charge in [0.25, 0.3) is 5.56 Å². The number of pyridine rings is 1. The van der Waals surface area contributed by atoms with E-state index in [9.17, 15) is 14.0 Å². The number of piperazine rings is 1. The lowest BCUT2D eigenvalue weighted by atomic mass is 10.2. The van der Waals surface area contributed by atoms with Crippen LogP contribution in [0.3, 0.4) is 0 Å². The van der Waals surface area contributed by atoms with Gasteiger partial charge in [-0.25, -0.2) is 14.8 Å². The zero-order valence-electron chi connectivity index (χ0n) is 12.5. The van der Waals surface area contributed by atoms with Crippen LogP contribution in [0.4, 0.5) is 15.0 Å². The molecule has 3 heterocycles. The van der Waals surface area contributed by atoms with Gasteiger partial charge in [0.2, 0.25) is 5.95 Å². The Morgan fingerprint density at radius 2 is 2.04 bits per heavy atom. The number of nitrogens with two attached hydrogens (primary N) is 1. The van der Waals surface area contributed by atoms with Crippen molar-refractivity contribution in [1.29, 1.82) is 0 Å². The molecule has 3 rings (SSSR count). The van der Waals surface area contributed by atoms with Crippen molar-refractivity contribution in [2.75, 3.05) is 31.1 Å². The highest BCUT2D eigenvalue weighted by atomic mass is 35.5. The highest BCUT2D eigenvalue weighted by Crippen LogP contribution is 2.24. The Hall–Kier alpha value is -2.68. The van der Waals surface area contributed by atoms with E-state index in [1.54, 1.807) is 4.90 Å². The third-order valence-corrected chi connectivity index (χ3v) is 4.08. The summed E-state index contributed by atoms with van der Waals surface area (Å²) in [5.74, 6) is -0.198. The first-order valence-electron chi connectivity index (χ1n) is 7.17. The summed E-state index contributed by atoms with van der Waals surface area (Å²) >= 11 is 6.08. The largest absolute Gasteiger partial charge is 0.352 e. The van der Waals surface area contributed by atoms with Crippen LogP contribution in [0.15, 0.2) is 23.1 Å². The second kappa shape index (κ2) is 6.44. The smallest absolute Gasteiger partial charge is 0.314 e. The highest BCUT2D eigenvalue weighted by Gasteiger charge is 2.23. The number of anilines is 1. The summed E-state index contributed by atoms with van der Waals surface area (Å²) in [6.45, 7) is 1.67. The molecular formula is C14H14ClFN6O2. The van der Waals surface area contributed by atoms with Crippen molar-refractivity contribution < 1.29 is 9.18 Å². The summed E-state index contributed by atoms with van der Waals surface area (Å²) in [6, 6.07) is 2.21. The first kappa shape index (κ1) is 16.2. The molecule has 2 amide bonds. The number of carbonyl (C=O) groups excluding carboxylic acids is 1. The number of nitrogens with zero attached hydrogens (tertiary/aromatic N) is 4. The monoisotopic (exact) mass is 352 g/mol. The molecule has 0 unspecified atom stereocenters. The number of halogens is 2. The van der Waals surface area contributed by atoms with E-state index in [0.29, 0.717) is 31.7 Å². The number of carbonyl (C=O) groups is 1. The molecule has 1 aliphatic heterocycles. The van der Waals surface area contributed by atoms with Gasteiger partial charge in [0.15, 0.2) is 5.82 Å². The van der Waals surface area contributed by atoms with Gasteiger partial charge in [-0.1, -0.05) is 11.6 Å². The van der Waals surface area contributed by atoms with Gasteiger partial charge in [0, 0.05) is 44.0 Å². The molecule has 3 N–H and O–H groups in total. The van der Waals surface area contributed by atoms with Gasteiger partial charge in [0.05, 0.1) is 0 Å². The normalized spacial score (nSPS) is 14.8. The molecule has 126 valence electrons. The fourth-order valence-electron chi connectivity index (χ4n) is 2.48. The van der Waals surface area contributed by atoms with Gasteiger partial charge in [0.1, 0.15) is 10.8 Å². The molecule has 0 atom stereocenters. The molecule has 0 aromatic carbocycles.